The minimum Gasteiger partial charge on any atom is -0.0920 e. The third kappa shape index (κ3) is 1.22. The minimum atomic E-state index is 1.07. The summed E-state index contributed by atoms with van der Waals surface area (Å²) in [6.45, 7) is 2.15. The maximum atomic E-state index is 2.28. The van der Waals surface area contributed by atoms with Gasteiger partial charge in [0, 0.05) is 0 Å². The highest BCUT2D eigenvalue weighted by atomic mass is 14.2. The van der Waals surface area contributed by atoms with Crippen molar-refractivity contribution in [1.82, 2.24) is 0 Å². The average molecular weight is 95.0 g/mol. The summed E-state index contributed by atoms with van der Waals surface area (Å²) >= 11 is 0. The molecule has 1 saturated carbocycles. The molecule has 7 heavy (non-hydrogen) atoms. The molecule has 1 aliphatic rings. The lowest BCUT2D eigenvalue weighted by Crippen LogP contribution is -2.11. The predicted molar refractivity (Wildman–Crippen MR) is 33.8 cm³/mol. The van der Waals surface area contributed by atoms with E-state index in [4.69, 9.17) is 0 Å². The van der Waals surface area contributed by atoms with Crippen LogP contribution in [0.25, 0.3) is 0 Å². The van der Waals surface area contributed by atoms with Crippen LogP contribution in [0.1, 0.15) is 19.3 Å². The van der Waals surface area contributed by atoms with Crippen LogP contribution in [-0.4, -0.2) is 7.28 Å². The summed E-state index contributed by atoms with van der Waals surface area (Å²) in [5.74, 6) is 1.07. The Morgan fingerprint density at radius 2 is 2.29 bits per heavy atom. The maximum Gasteiger partial charge on any atom is 0.106 e. The van der Waals surface area contributed by atoms with E-state index < -0.39 is 0 Å². The van der Waals surface area contributed by atoms with Crippen molar-refractivity contribution in [1.29, 1.82) is 0 Å². The van der Waals surface area contributed by atoms with Gasteiger partial charge in [-0.15, -0.1) is 0 Å². The highest BCUT2D eigenvalue weighted by Gasteiger charge is 2.14. The second-order valence-corrected chi connectivity index (χ2v) is 2.44. The molecule has 0 spiro atoms. The van der Waals surface area contributed by atoms with E-state index in [0.717, 1.165) is 5.92 Å². The molecule has 1 radical (unpaired) electrons. The summed E-state index contributed by atoms with van der Waals surface area (Å²) < 4.78 is 0. The smallest absolute Gasteiger partial charge is 0.0920 e. The van der Waals surface area contributed by atoms with Crippen LogP contribution in [0, 0.1) is 5.92 Å². The van der Waals surface area contributed by atoms with Gasteiger partial charge in [-0.2, -0.15) is 0 Å². The van der Waals surface area contributed by atoms with Gasteiger partial charge in [0.1, 0.15) is 7.28 Å². The van der Waals surface area contributed by atoms with E-state index in [1.807, 2.05) is 0 Å². The van der Waals surface area contributed by atoms with Gasteiger partial charge < -0.3 is 0 Å². The van der Waals surface area contributed by atoms with Crippen LogP contribution in [0.15, 0.2) is 0 Å². The summed E-state index contributed by atoms with van der Waals surface area (Å²) in [6, 6.07) is 0. The molecule has 0 amide bonds. The fourth-order valence-electron chi connectivity index (χ4n) is 1.06. The first kappa shape index (κ1) is 5.21. The lowest BCUT2D eigenvalue weighted by Gasteiger charge is -2.24. The van der Waals surface area contributed by atoms with Gasteiger partial charge in [0.05, 0.1) is 0 Å². The first-order valence-corrected chi connectivity index (χ1v) is 3.21. The van der Waals surface area contributed by atoms with Crippen LogP contribution in [0.3, 0.4) is 0 Å². The molecule has 1 heteroatoms. The van der Waals surface area contributed by atoms with Gasteiger partial charge in [-0.1, -0.05) is 32.4 Å². The van der Waals surface area contributed by atoms with E-state index in [-0.39, 0.29) is 0 Å². The van der Waals surface area contributed by atoms with Crippen molar-refractivity contribution in [3.05, 3.63) is 0 Å². The lowest BCUT2D eigenvalue weighted by atomic mass is 9.66. The van der Waals surface area contributed by atoms with E-state index in [1.165, 1.54) is 25.6 Å². The zero-order valence-corrected chi connectivity index (χ0v) is 4.98. The van der Waals surface area contributed by atoms with Gasteiger partial charge in [0.2, 0.25) is 0 Å². The molecule has 0 aromatic carbocycles. The Bertz CT molecular complexity index is 48.1. The molecular formula is C6H12B. The number of rotatable bonds is 2. The molecule has 1 rings (SSSR count). The summed E-state index contributed by atoms with van der Waals surface area (Å²) in [7, 11) is 2.28. The molecule has 0 unspecified atom stereocenters. The lowest BCUT2D eigenvalue weighted by molar-refractivity contribution is 0.346. The van der Waals surface area contributed by atoms with Gasteiger partial charge >= 0.3 is 0 Å². The molecule has 0 nitrogen and oxygen atoms in total. The molecule has 0 heterocycles. The van der Waals surface area contributed by atoms with E-state index >= 15 is 0 Å². The molecule has 0 atom stereocenters. The van der Waals surface area contributed by atoms with Crippen molar-refractivity contribution < 1.29 is 0 Å². The number of hydrogen-bond donors (Lipinski definition) is 0. The second-order valence-electron chi connectivity index (χ2n) is 2.44. The SMILES string of the molecule is C[B]CC1CCC1. The Morgan fingerprint density at radius 3 is 2.43 bits per heavy atom. The molecule has 0 bridgehead atoms. The minimum absolute atomic E-state index is 1.07. The Labute approximate surface area is 46.5 Å². The zero-order valence-electron chi connectivity index (χ0n) is 4.98. The quantitative estimate of drug-likeness (QED) is 0.460. The molecule has 0 saturated heterocycles. The fraction of sp³-hybridized carbons (Fsp3) is 1.00. The summed E-state index contributed by atoms with van der Waals surface area (Å²) in [4.78, 5) is 0. The highest BCUT2D eigenvalue weighted by Crippen LogP contribution is 2.29. The largest absolute Gasteiger partial charge is 0.106 e. The monoisotopic (exact) mass is 95.1 g/mol. The van der Waals surface area contributed by atoms with Crippen molar-refractivity contribution in [3.63, 3.8) is 0 Å². The first-order chi connectivity index (χ1) is 3.43. The molecule has 0 N–H and O–H groups in total. The van der Waals surface area contributed by atoms with Crippen LogP contribution in [-0.2, 0) is 0 Å². The van der Waals surface area contributed by atoms with E-state index in [2.05, 4.69) is 14.1 Å². The van der Waals surface area contributed by atoms with Crippen molar-refractivity contribution in [3.8, 4) is 0 Å². The maximum absolute atomic E-state index is 2.28. The predicted octanol–water partition coefficient (Wildman–Crippen LogP) is 1.96. The van der Waals surface area contributed by atoms with Crippen molar-refractivity contribution >= 4 is 7.28 Å². The molecule has 39 valence electrons. The molecule has 1 fully saturated rings. The van der Waals surface area contributed by atoms with Crippen LogP contribution in [0.2, 0.25) is 13.1 Å². The topological polar surface area (TPSA) is 0 Å². The standard InChI is InChI=1S/C6H12B/c1-7-5-6-3-2-4-6/h6H,2-5H2,1H3. The van der Waals surface area contributed by atoms with Crippen molar-refractivity contribution in [2.75, 3.05) is 0 Å². The first-order valence-electron chi connectivity index (χ1n) is 3.21. The van der Waals surface area contributed by atoms with Crippen molar-refractivity contribution in [2.45, 2.75) is 32.4 Å². The van der Waals surface area contributed by atoms with Crippen LogP contribution < -0.4 is 0 Å². The van der Waals surface area contributed by atoms with E-state index in [9.17, 15) is 0 Å². The summed E-state index contributed by atoms with van der Waals surface area (Å²) in [6.07, 6.45) is 5.83. The average Bonchev–Trinajstić information content (AvgIpc) is 1.55. The Hall–Kier alpha value is 0.0649. The molecule has 0 aromatic rings. The van der Waals surface area contributed by atoms with Gasteiger partial charge in [-0.05, 0) is 5.92 Å². The zero-order chi connectivity index (χ0) is 5.11. The van der Waals surface area contributed by atoms with Gasteiger partial charge in [-0.3, -0.25) is 0 Å². The van der Waals surface area contributed by atoms with Crippen LogP contribution >= 0.6 is 0 Å². The molecular weight excluding hydrogens is 82.9 g/mol. The third-order valence-electron chi connectivity index (χ3n) is 1.79. The molecule has 0 aliphatic heterocycles. The number of hydrogen-bond acceptors (Lipinski definition) is 0. The van der Waals surface area contributed by atoms with Gasteiger partial charge in [-0.25, -0.2) is 0 Å². The molecule has 0 aromatic heterocycles. The van der Waals surface area contributed by atoms with Crippen LogP contribution in [0.4, 0.5) is 0 Å². The van der Waals surface area contributed by atoms with E-state index in [0.29, 0.717) is 0 Å². The molecule has 1 aliphatic carbocycles. The fourth-order valence-corrected chi connectivity index (χ4v) is 1.06. The highest BCUT2D eigenvalue weighted by molar-refractivity contribution is 6.33. The van der Waals surface area contributed by atoms with Gasteiger partial charge in [0.25, 0.3) is 0 Å². The normalized spacial score (nSPS) is 21.3. The Kier molecular flexibility index (Phi) is 1.78. The third-order valence-corrected chi connectivity index (χ3v) is 1.79. The summed E-state index contributed by atoms with van der Waals surface area (Å²) in [5, 5.41) is 0. The summed E-state index contributed by atoms with van der Waals surface area (Å²) in [5.41, 5.74) is 0. The second kappa shape index (κ2) is 2.39. The Morgan fingerprint density at radius 1 is 1.57 bits per heavy atom. The van der Waals surface area contributed by atoms with Crippen molar-refractivity contribution in [2.24, 2.45) is 5.92 Å². The van der Waals surface area contributed by atoms with E-state index in [1.54, 1.807) is 0 Å². The van der Waals surface area contributed by atoms with Gasteiger partial charge in [0.15, 0.2) is 0 Å². The Balaban J connectivity index is 1.93. The van der Waals surface area contributed by atoms with Crippen LogP contribution in [0.5, 0.6) is 0 Å².